The zero-order valence-electron chi connectivity index (χ0n) is 21.6. The molecule has 0 N–H and O–H groups in total. The number of benzene rings is 1. The lowest BCUT2D eigenvalue weighted by Gasteiger charge is -2.35. The Morgan fingerprint density at radius 3 is 1.56 bits per heavy atom. The first-order chi connectivity index (χ1) is 15.7. The Bertz CT molecular complexity index is 580. The zero-order chi connectivity index (χ0) is 22.9. The van der Waals surface area contributed by atoms with E-state index in [0.717, 1.165) is 0 Å². The van der Waals surface area contributed by atoms with Crippen LogP contribution in [-0.2, 0) is 0 Å². The predicted octanol–water partition coefficient (Wildman–Crippen LogP) is 9.67. The van der Waals surface area contributed by atoms with Crippen molar-refractivity contribution in [2.45, 2.75) is 142 Å². The van der Waals surface area contributed by atoms with Gasteiger partial charge in [0.15, 0.2) is 0 Å². The minimum atomic E-state index is 0.476. The predicted molar refractivity (Wildman–Crippen MR) is 143 cm³/mol. The molecule has 0 amide bonds. The van der Waals surface area contributed by atoms with E-state index in [0.29, 0.717) is 12.2 Å². The maximum atomic E-state index is 2.53. The molecule has 182 valence electrons. The first-order valence-electron chi connectivity index (χ1n) is 14.0. The van der Waals surface area contributed by atoms with Gasteiger partial charge >= 0.3 is 0 Å². The Morgan fingerprint density at radius 1 is 0.625 bits per heavy atom. The summed E-state index contributed by atoms with van der Waals surface area (Å²) in [4.78, 5) is 4.99. The second-order valence-electron chi connectivity index (χ2n) is 10.2. The van der Waals surface area contributed by atoms with Gasteiger partial charge in [-0.3, -0.25) is 0 Å². The standard InChI is InChI=1S/C30H52N2/c1-4-5-6-7-8-9-10-11-12-13-14-15-16-17-18-22-25-30-31(28(2)3)26-27-32(30)29-23-20-19-21-24-29/h19-21,23-24,26-28,30H,4-18,22,25H2,1-3H3. The van der Waals surface area contributed by atoms with E-state index in [1.54, 1.807) is 0 Å². The summed E-state index contributed by atoms with van der Waals surface area (Å²) in [6.45, 7) is 6.91. The molecule has 0 fully saturated rings. The molecular formula is C30H52N2. The molecule has 0 saturated heterocycles. The summed E-state index contributed by atoms with van der Waals surface area (Å²) in [6.07, 6.45) is 29.2. The molecule has 1 aromatic rings. The Labute approximate surface area is 200 Å². The third-order valence-electron chi connectivity index (χ3n) is 7.03. The average molecular weight is 441 g/mol. The summed E-state index contributed by atoms with van der Waals surface area (Å²) >= 11 is 0. The van der Waals surface area contributed by atoms with Crippen molar-refractivity contribution in [3.63, 3.8) is 0 Å². The highest BCUT2D eigenvalue weighted by molar-refractivity contribution is 5.51. The van der Waals surface area contributed by atoms with Gasteiger partial charge in [-0.2, -0.15) is 0 Å². The molecule has 1 aliphatic rings. The summed E-state index contributed by atoms with van der Waals surface area (Å²) < 4.78 is 0. The molecule has 1 heterocycles. The van der Waals surface area contributed by atoms with Gasteiger partial charge in [0.25, 0.3) is 0 Å². The molecule has 1 atom stereocenters. The molecule has 32 heavy (non-hydrogen) atoms. The van der Waals surface area contributed by atoms with Gasteiger partial charge in [0.1, 0.15) is 6.17 Å². The van der Waals surface area contributed by atoms with Crippen molar-refractivity contribution in [3.05, 3.63) is 42.7 Å². The van der Waals surface area contributed by atoms with Crippen LogP contribution < -0.4 is 4.90 Å². The number of hydrogen-bond acceptors (Lipinski definition) is 2. The van der Waals surface area contributed by atoms with Crippen LogP contribution in [0.5, 0.6) is 0 Å². The Kier molecular flexibility index (Phi) is 14.3. The monoisotopic (exact) mass is 440 g/mol. The fourth-order valence-electron chi connectivity index (χ4n) is 5.03. The smallest absolute Gasteiger partial charge is 0.106 e. The van der Waals surface area contributed by atoms with E-state index >= 15 is 0 Å². The number of para-hydroxylation sites is 1. The minimum absolute atomic E-state index is 0.476. The van der Waals surface area contributed by atoms with E-state index in [1.165, 1.54) is 115 Å². The van der Waals surface area contributed by atoms with Crippen LogP contribution >= 0.6 is 0 Å². The SMILES string of the molecule is CCCCCCCCCCCCCCCCCCC1N(c2ccccc2)C=CN1C(C)C. The largest absolute Gasteiger partial charge is 0.353 e. The van der Waals surface area contributed by atoms with Gasteiger partial charge in [-0.25, -0.2) is 0 Å². The Hall–Kier alpha value is -1.44. The van der Waals surface area contributed by atoms with Gasteiger partial charge in [-0.15, -0.1) is 0 Å². The van der Waals surface area contributed by atoms with E-state index in [2.05, 4.69) is 73.3 Å². The van der Waals surface area contributed by atoms with Crippen LogP contribution in [0, 0.1) is 0 Å². The number of anilines is 1. The highest BCUT2D eigenvalue weighted by Gasteiger charge is 2.28. The van der Waals surface area contributed by atoms with E-state index < -0.39 is 0 Å². The summed E-state index contributed by atoms with van der Waals surface area (Å²) in [6, 6.07) is 11.4. The highest BCUT2D eigenvalue weighted by Crippen LogP contribution is 2.29. The molecular weight excluding hydrogens is 388 g/mol. The van der Waals surface area contributed by atoms with Crippen molar-refractivity contribution in [2.24, 2.45) is 0 Å². The van der Waals surface area contributed by atoms with Crippen LogP contribution in [0.25, 0.3) is 0 Å². The second-order valence-corrected chi connectivity index (χ2v) is 10.2. The van der Waals surface area contributed by atoms with E-state index in [4.69, 9.17) is 0 Å². The number of rotatable bonds is 19. The van der Waals surface area contributed by atoms with Gasteiger partial charge in [0.05, 0.1) is 0 Å². The van der Waals surface area contributed by atoms with Crippen molar-refractivity contribution in [1.29, 1.82) is 0 Å². The van der Waals surface area contributed by atoms with Crippen molar-refractivity contribution >= 4 is 5.69 Å². The lowest BCUT2D eigenvalue weighted by Crippen LogP contribution is -2.42. The average Bonchev–Trinajstić information content (AvgIpc) is 3.23. The summed E-state index contributed by atoms with van der Waals surface area (Å²) in [5.74, 6) is 0. The lowest BCUT2D eigenvalue weighted by molar-refractivity contribution is 0.233. The minimum Gasteiger partial charge on any atom is -0.353 e. The maximum absolute atomic E-state index is 2.53. The summed E-state index contributed by atoms with van der Waals surface area (Å²) in [7, 11) is 0. The molecule has 0 radical (unpaired) electrons. The van der Waals surface area contributed by atoms with Crippen LogP contribution in [0.2, 0.25) is 0 Å². The number of unbranched alkanes of at least 4 members (excludes halogenated alkanes) is 15. The zero-order valence-corrected chi connectivity index (χ0v) is 21.6. The number of hydrogen-bond donors (Lipinski definition) is 0. The fourth-order valence-corrected chi connectivity index (χ4v) is 5.03. The third-order valence-corrected chi connectivity index (χ3v) is 7.03. The van der Waals surface area contributed by atoms with Gasteiger partial charge in [0, 0.05) is 24.1 Å². The van der Waals surface area contributed by atoms with Crippen LogP contribution in [0.3, 0.4) is 0 Å². The van der Waals surface area contributed by atoms with Crippen molar-refractivity contribution < 1.29 is 0 Å². The van der Waals surface area contributed by atoms with Crippen LogP contribution in [0.1, 0.15) is 130 Å². The molecule has 1 aromatic carbocycles. The van der Waals surface area contributed by atoms with E-state index in [-0.39, 0.29) is 0 Å². The van der Waals surface area contributed by atoms with Crippen molar-refractivity contribution in [2.75, 3.05) is 4.90 Å². The topological polar surface area (TPSA) is 6.48 Å². The van der Waals surface area contributed by atoms with E-state index in [1.807, 2.05) is 0 Å². The molecule has 2 nitrogen and oxygen atoms in total. The quantitative estimate of drug-likeness (QED) is 0.197. The van der Waals surface area contributed by atoms with Gasteiger partial charge in [0.2, 0.25) is 0 Å². The lowest BCUT2D eigenvalue weighted by atomic mass is 10.0. The summed E-state index contributed by atoms with van der Waals surface area (Å²) in [5, 5.41) is 0. The van der Waals surface area contributed by atoms with Crippen molar-refractivity contribution in [3.8, 4) is 0 Å². The second kappa shape index (κ2) is 17.1. The molecule has 1 aliphatic heterocycles. The molecule has 2 rings (SSSR count). The molecule has 0 spiro atoms. The number of nitrogens with zero attached hydrogens (tertiary/aromatic N) is 2. The molecule has 0 bridgehead atoms. The van der Waals surface area contributed by atoms with Crippen LogP contribution in [0.15, 0.2) is 42.7 Å². The highest BCUT2D eigenvalue weighted by atomic mass is 15.4. The first-order valence-corrected chi connectivity index (χ1v) is 14.0. The molecule has 1 unspecified atom stereocenters. The third kappa shape index (κ3) is 10.5. The normalized spacial score (nSPS) is 15.9. The summed E-state index contributed by atoms with van der Waals surface area (Å²) in [5.41, 5.74) is 1.31. The van der Waals surface area contributed by atoms with Crippen LogP contribution in [0.4, 0.5) is 5.69 Å². The Balaban J connectivity index is 1.47. The fraction of sp³-hybridized carbons (Fsp3) is 0.733. The maximum Gasteiger partial charge on any atom is 0.106 e. The molecule has 0 aromatic heterocycles. The van der Waals surface area contributed by atoms with E-state index in [9.17, 15) is 0 Å². The van der Waals surface area contributed by atoms with Gasteiger partial charge in [-0.1, -0.05) is 121 Å². The Morgan fingerprint density at radius 2 is 1.09 bits per heavy atom. The van der Waals surface area contributed by atoms with Gasteiger partial charge in [-0.05, 0) is 38.8 Å². The first kappa shape index (κ1) is 26.8. The van der Waals surface area contributed by atoms with Gasteiger partial charge < -0.3 is 9.80 Å². The van der Waals surface area contributed by atoms with Crippen LogP contribution in [-0.4, -0.2) is 17.1 Å². The molecule has 0 saturated carbocycles. The molecule has 0 aliphatic carbocycles. The van der Waals surface area contributed by atoms with Crippen molar-refractivity contribution in [1.82, 2.24) is 4.90 Å². The molecule has 2 heteroatoms.